The second-order valence-corrected chi connectivity index (χ2v) is 6.40. The average molecular weight is 341 g/mol. The third kappa shape index (κ3) is 4.49. The first-order chi connectivity index (χ1) is 9.31. The summed E-state index contributed by atoms with van der Waals surface area (Å²) in [6.07, 6.45) is 0. The van der Waals surface area contributed by atoms with E-state index in [0.29, 0.717) is 12.4 Å². The van der Waals surface area contributed by atoms with E-state index in [2.05, 4.69) is 18.7 Å². The molecular formula is C12H18Cl2N2O3S. The van der Waals surface area contributed by atoms with Gasteiger partial charge in [0.25, 0.3) is 0 Å². The summed E-state index contributed by atoms with van der Waals surface area (Å²) in [7, 11) is -3.89. The second kappa shape index (κ2) is 7.47. The van der Waals surface area contributed by atoms with Crippen molar-refractivity contribution in [3.8, 4) is 5.75 Å². The fourth-order valence-electron chi connectivity index (χ4n) is 1.67. The summed E-state index contributed by atoms with van der Waals surface area (Å²) in [5, 5.41) is 4.97. The van der Waals surface area contributed by atoms with Crippen molar-refractivity contribution in [1.82, 2.24) is 4.90 Å². The largest absolute Gasteiger partial charge is 0.491 e. The van der Waals surface area contributed by atoms with E-state index < -0.39 is 10.0 Å². The molecule has 8 heteroatoms. The highest BCUT2D eigenvalue weighted by Crippen LogP contribution is 2.36. The second-order valence-electron chi connectivity index (χ2n) is 4.11. The number of nitrogens with zero attached hydrogens (tertiary/aromatic N) is 1. The zero-order valence-electron chi connectivity index (χ0n) is 11.4. The van der Waals surface area contributed by atoms with Gasteiger partial charge < -0.3 is 9.64 Å². The van der Waals surface area contributed by atoms with Gasteiger partial charge in [0.1, 0.15) is 22.3 Å². The summed E-state index contributed by atoms with van der Waals surface area (Å²) in [5.41, 5.74) is 0. The normalized spacial score (nSPS) is 11.9. The van der Waals surface area contributed by atoms with Crippen LogP contribution in [0.2, 0.25) is 10.0 Å². The Morgan fingerprint density at radius 3 is 2.30 bits per heavy atom. The molecule has 0 amide bonds. The van der Waals surface area contributed by atoms with Gasteiger partial charge in [-0.1, -0.05) is 37.0 Å². The molecule has 0 bridgehead atoms. The minimum atomic E-state index is -3.89. The van der Waals surface area contributed by atoms with E-state index in [1.165, 1.54) is 12.1 Å². The van der Waals surface area contributed by atoms with Gasteiger partial charge in [0.05, 0.1) is 5.02 Å². The lowest BCUT2D eigenvalue weighted by atomic mass is 10.3. The molecule has 1 aromatic rings. The quantitative estimate of drug-likeness (QED) is 0.826. The van der Waals surface area contributed by atoms with E-state index in [9.17, 15) is 8.42 Å². The van der Waals surface area contributed by atoms with E-state index >= 15 is 0 Å². The van der Waals surface area contributed by atoms with Crippen molar-refractivity contribution in [3.05, 3.63) is 22.2 Å². The van der Waals surface area contributed by atoms with Gasteiger partial charge in [-0.05, 0) is 25.2 Å². The molecular weight excluding hydrogens is 323 g/mol. The molecule has 0 spiro atoms. The van der Waals surface area contributed by atoms with E-state index in [4.69, 9.17) is 33.1 Å². The fourth-order valence-corrected chi connectivity index (χ4v) is 3.03. The highest BCUT2D eigenvalue weighted by atomic mass is 35.5. The maximum atomic E-state index is 11.3. The molecule has 0 aromatic heterocycles. The topological polar surface area (TPSA) is 72.6 Å². The van der Waals surface area contributed by atoms with Crippen LogP contribution in [-0.2, 0) is 10.0 Å². The van der Waals surface area contributed by atoms with Gasteiger partial charge in [0.2, 0.25) is 10.0 Å². The molecule has 0 aliphatic rings. The van der Waals surface area contributed by atoms with Crippen molar-refractivity contribution in [2.45, 2.75) is 18.7 Å². The van der Waals surface area contributed by atoms with E-state index in [1.54, 1.807) is 0 Å². The minimum absolute atomic E-state index is 0.0535. The third-order valence-corrected chi connectivity index (χ3v) is 4.81. The van der Waals surface area contributed by atoms with E-state index in [-0.39, 0.29) is 14.9 Å². The van der Waals surface area contributed by atoms with Crippen molar-refractivity contribution in [1.29, 1.82) is 0 Å². The highest BCUT2D eigenvalue weighted by Gasteiger charge is 2.18. The van der Waals surface area contributed by atoms with Crippen LogP contribution in [0.4, 0.5) is 0 Å². The summed E-state index contributed by atoms with van der Waals surface area (Å²) < 4.78 is 28.1. The fraction of sp³-hybridized carbons (Fsp3) is 0.500. The smallest absolute Gasteiger partial charge is 0.239 e. The molecule has 5 nitrogen and oxygen atoms in total. The Hall–Kier alpha value is -0.530. The lowest BCUT2D eigenvalue weighted by Crippen LogP contribution is -2.27. The zero-order chi connectivity index (χ0) is 15.3. The summed E-state index contributed by atoms with van der Waals surface area (Å²) in [6.45, 7) is 7.17. The van der Waals surface area contributed by atoms with Crippen LogP contribution in [0.5, 0.6) is 5.75 Å². The minimum Gasteiger partial charge on any atom is -0.491 e. The number of rotatable bonds is 7. The van der Waals surface area contributed by atoms with Crippen LogP contribution in [0, 0.1) is 0 Å². The van der Waals surface area contributed by atoms with Gasteiger partial charge in [-0.2, -0.15) is 0 Å². The first-order valence-corrected chi connectivity index (χ1v) is 8.47. The van der Waals surface area contributed by atoms with Gasteiger partial charge in [0.15, 0.2) is 0 Å². The van der Waals surface area contributed by atoms with Gasteiger partial charge in [-0.15, -0.1) is 0 Å². The molecule has 0 aliphatic carbocycles. The lowest BCUT2D eigenvalue weighted by molar-refractivity contribution is 0.223. The molecule has 0 aliphatic heterocycles. The standard InChI is InChI=1S/C12H18Cl2N2O3S/c1-3-16(4-2)7-8-19-9-5-6-10(20(15,17)18)12(14)11(9)13/h5-6H,3-4,7-8H2,1-2H3,(H2,15,17,18). The van der Waals surface area contributed by atoms with Crippen molar-refractivity contribution >= 4 is 33.2 Å². The van der Waals surface area contributed by atoms with E-state index in [0.717, 1.165) is 19.6 Å². The molecule has 114 valence electrons. The van der Waals surface area contributed by atoms with Crippen molar-refractivity contribution < 1.29 is 13.2 Å². The number of nitrogens with two attached hydrogens (primary N) is 1. The Balaban J connectivity index is 2.81. The number of halogens is 2. The number of primary sulfonamides is 1. The molecule has 0 saturated heterocycles. The molecule has 0 unspecified atom stereocenters. The number of sulfonamides is 1. The molecule has 0 saturated carbocycles. The molecule has 2 N–H and O–H groups in total. The number of hydrogen-bond donors (Lipinski definition) is 1. The summed E-state index contributed by atoms with van der Waals surface area (Å²) in [4.78, 5) is 1.98. The predicted octanol–water partition coefficient (Wildman–Crippen LogP) is 2.36. The summed E-state index contributed by atoms with van der Waals surface area (Å²) in [5.74, 6) is 0.344. The molecule has 20 heavy (non-hydrogen) atoms. The Morgan fingerprint density at radius 1 is 1.20 bits per heavy atom. The van der Waals surface area contributed by atoms with Gasteiger partial charge >= 0.3 is 0 Å². The third-order valence-electron chi connectivity index (χ3n) is 2.88. The van der Waals surface area contributed by atoms with E-state index in [1.807, 2.05) is 0 Å². The van der Waals surface area contributed by atoms with Crippen LogP contribution in [0.3, 0.4) is 0 Å². The number of hydrogen-bond acceptors (Lipinski definition) is 4. The first kappa shape index (κ1) is 17.5. The Kier molecular flexibility index (Phi) is 6.54. The van der Waals surface area contributed by atoms with Crippen LogP contribution in [0.1, 0.15) is 13.8 Å². The number of likely N-dealkylation sites (N-methyl/N-ethyl adjacent to an activating group) is 1. The molecule has 0 radical (unpaired) electrons. The molecule has 1 rings (SSSR count). The van der Waals surface area contributed by atoms with Gasteiger partial charge in [-0.3, -0.25) is 0 Å². The van der Waals surface area contributed by atoms with Crippen LogP contribution in [-0.4, -0.2) is 39.6 Å². The monoisotopic (exact) mass is 340 g/mol. The van der Waals surface area contributed by atoms with Crippen molar-refractivity contribution in [3.63, 3.8) is 0 Å². The SMILES string of the molecule is CCN(CC)CCOc1ccc(S(N)(=O)=O)c(Cl)c1Cl. The molecule has 0 fully saturated rings. The van der Waals surface area contributed by atoms with Crippen LogP contribution in [0.25, 0.3) is 0 Å². The van der Waals surface area contributed by atoms with Crippen molar-refractivity contribution in [2.75, 3.05) is 26.2 Å². The molecule has 0 atom stereocenters. The maximum absolute atomic E-state index is 11.3. The predicted molar refractivity (Wildman–Crippen MR) is 81.1 cm³/mol. The lowest BCUT2D eigenvalue weighted by Gasteiger charge is -2.18. The van der Waals surface area contributed by atoms with Gasteiger partial charge in [-0.25, -0.2) is 13.6 Å². The Morgan fingerprint density at radius 2 is 1.80 bits per heavy atom. The summed E-state index contributed by atoms with van der Waals surface area (Å²) >= 11 is 11.9. The van der Waals surface area contributed by atoms with Crippen LogP contribution in [0.15, 0.2) is 17.0 Å². The van der Waals surface area contributed by atoms with Crippen LogP contribution < -0.4 is 9.88 Å². The molecule has 0 heterocycles. The van der Waals surface area contributed by atoms with Gasteiger partial charge in [0, 0.05) is 6.54 Å². The first-order valence-electron chi connectivity index (χ1n) is 6.17. The average Bonchev–Trinajstić information content (AvgIpc) is 2.38. The zero-order valence-corrected chi connectivity index (χ0v) is 13.7. The molecule has 1 aromatic carbocycles. The Labute approximate surface area is 129 Å². The maximum Gasteiger partial charge on any atom is 0.239 e. The Bertz CT molecular complexity index is 560. The number of ether oxygens (including phenoxy) is 1. The van der Waals surface area contributed by atoms with Crippen molar-refractivity contribution in [2.24, 2.45) is 5.14 Å². The number of benzene rings is 1. The highest BCUT2D eigenvalue weighted by molar-refractivity contribution is 7.89. The van der Waals surface area contributed by atoms with Crippen LogP contribution >= 0.6 is 23.2 Å². The summed E-state index contributed by atoms with van der Waals surface area (Å²) in [6, 6.07) is 2.74.